The molecule has 0 aromatic carbocycles. The lowest BCUT2D eigenvalue weighted by Gasteiger charge is -2.33. The van der Waals surface area contributed by atoms with Crippen LogP contribution >= 0.6 is 0 Å². The maximum Gasteiger partial charge on any atom is 0.223 e. The van der Waals surface area contributed by atoms with Gasteiger partial charge in [-0.1, -0.05) is 0 Å². The zero-order valence-corrected chi connectivity index (χ0v) is 11.3. The van der Waals surface area contributed by atoms with E-state index in [2.05, 4.69) is 18.0 Å². The van der Waals surface area contributed by atoms with Gasteiger partial charge in [0.05, 0.1) is 12.0 Å². The van der Waals surface area contributed by atoms with Gasteiger partial charge in [-0.15, -0.1) is 0 Å². The molecule has 2 rings (SSSR count). The largest absolute Gasteiger partial charge is 0.343 e. The molecular formula is C14H23N3O. The lowest BCUT2D eigenvalue weighted by molar-refractivity contribution is -0.134. The molecule has 0 aromatic rings. The van der Waals surface area contributed by atoms with E-state index in [0.29, 0.717) is 6.42 Å². The quantitative estimate of drug-likeness (QED) is 0.761. The summed E-state index contributed by atoms with van der Waals surface area (Å²) in [6.07, 6.45) is 4.99. The summed E-state index contributed by atoms with van der Waals surface area (Å²) in [6.45, 7) is 4.04. The summed E-state index contributed by atoms with van der Waals surface area (Å²) in [5.41, 5.74) is 0. The maximum atomic E-state index is 11.9. The molecule has 0 saturated carbocycles. The third kappa shape index (κ3) is 3.46. The molecule has 2 heterocycles. The van der Waals surface area contributed by atoms with Crippen molar-refractivity contribution in [2.45, 2.75) is 32.1 Å². The van der Waals surface area contributed by atoms with Crippen LogP contribution in [0.5, 0.6) is 0 Å². The Morgan fingerprint density at radius 2 is 2.22 bits per heavy atom. The van der Waals surface area contributed by atoms with Crippen LogP contribution in [0.1, 0.15) is 32.1 Å². The lowest BCUT2D eigenvalue weighted by Crippen LogP contribution is -2.41. The van der Waals surface area contributed by atoms with Gasteiger partial charge < -0.3 is 9.80 Å². The molecule has 18 heavy (non-hydrogen) atoms. The fraction of sp³-hybridized carbons (Fsp3) is 0.857. The minimum Gasteiger partial charge on any atom is -0.343 e. The van der Waals surface area contributed by atoms with E-state index in [-0.39, 0.29) is 11.8 Å². The number of nitriles is 1. The van der Waals surface area contributed by atoms with Gasteiger partial charge in [0.15, 0.2) is 0 Å². The molecule has 4 heteroatoms. The van der Waals surface area contributed by atoms with Gasteiger partial charge in [-0.25, -0.2) is 0 Å². The SMILES string of the molecule is CN1CCCC(CCN2CCC(C#N)CC2=O)C1. The van der Waals surface area contributed by atoms with Crippen LogP contribution in [0, 0.1) is 23.2 Å². The highest BCUT2D eigenvalue weighted by atomic mass is 16.2. The Bertz CT molecular complexity index is 336. The van der Waals surface area contributed by atoms with Crippen molar-refractivity contribution < 1.29 is 4.79 Å². The fourth-order valence-corrected chi connectivity index (χ4v) is 3.07. The number of carbonyl (C=O) groups excluding carboxylic acids is 1. The Morgan fingerprint density at radius 3 is 2.89 bits per heavy atom. The van der Waals surface area contributed by atoms with E-state index in [1.807, 2.05) is 4.90 Å². The number of likely N-dealkylation sites (tertiary alicyclic amines) is 2. The highest BCUT2D eigenvalue weighted by Crippen LogP contribution is 2.22. The van der Waals surface area contributed by atoms with Crippen molar-refractivity contribution in [2.75, 3.05) is 33.2 Å². The van der Waals surface area contributed by atoms with Crippen molar-refractivity contribution >= 4 is 5.91 Å². The molecule has 0 N–H and O–H groups in total. The summed E-state index contributed by atoms with van der Waals surface area (Å²) in [4.78, 5) is 16.2. The number of hydrogen-bond donors (Lipinski definition) is 0. The standard InChI is InChI=1S/C14H23N3O/c1-16-6-2-3-12(11-16)4-7-17-8-5-13(10-15)9-14(17)18/h12-13H,2-9,11H2,1H3. The van der Waals surface area contributed by atoms with E-state index < -0.39 is 0 Å². The second-order valence-electron chi connectivity index (χ2n) is 5.76. The Balaban J connectivity index is 1.74. The van der Waals surface area contributed by atoms with E-state index in [4.69, 9.17) is 5.26 Å². The predicted octanol–water partition coefficient (Wildman–Crippen LogP) is 1.48. The molecule has 2 aliphatic heterocycles. The van der Waals surface area contributed by atoms with Crippen molar-refractivity contribution in [3.8, 4) is 6.07 Å². The minimum absolute atomic E-state index is 0.0467. The molecular weight excluding hydrogens is 226 g/mol. The Morgan fingerprint density at radius 1 is 1.39 bits per heavy atom. The van der Waals surface area contributed by atoms with Crippen LogP contribution in [-0.2, 0) is 4.79 Å². The molecule has 4 nitrogen and oxygen atoms in total. The summed E-state index contributed by atoms with van der Waals surface area (Å²) in [6, 6.07) is 2.21. The van der Waals surface area contributed by atoms with Crippen LogP contribution in [0.15, 0.2) is 0 Å². The van der Waals surface area contributed by atoms with Crippen LogP contribution in [0.25, 0.3) is 0 Å². The van der Waals surface area contributed by atoms with Crippen LogP contribution in [0.4, 0.5) is 0 Å². The van der Waals surface area contributed by atoms with Crippen LogP contribution in [0.3, 0.4) is 0 Å². The zero-order chi connectivity index (χ0) is 13.0. The first-order chi connectivity index (χ1) is 8.69. The number of nitrogens with zero attached hydrogens (tertiary/aromatic N) is 3. The number of hydrogen-bond acceptors (Lipinski definition) is 3. The fourth-order valence-electron chi connectivity index (χ4n) is 3.07. The Hall–Kier alpha value is -1.08. The molecule has 0 spiro atoms. The first-order valence-corrected chi connectivity index (χ1v) is 7.05. The minimum atomic E-state index is -0.0467. The third-order valence-electron chi connectivity index (χ3n) is 4.23. The van der Waals surface area contributed by atoms with E-state index in [1.165, 1.54) is 25.9 Å². The highest BCUT2D eigenvalue weighted by molar-refractivity contribution is 5.77. The zero-order valence-electron chi connectivity index (χ0n) is 11.3. The summed E-state index contributed by atoms with van der Waals surface area (Å²) >= 11 is 0. The smallest absolute Gasteiger partial charge is 0.223 e. The number of rotatable bonds is 3. The van der Waals surface area contributed by atoms with E-state index >= 15 is 0 Å². The topological polar surface area (TPSA) is 47.3 Å². The second kappa shape index (κ2) is 6.19. The van der Waals surface area contributed by atoms with E-state index in [9.17, 15) is 4.79 Å². The molecule has 2 saturated heterocycles. The second-order valence-corrected chi connectivity index (χ2v) is 5.76. The van der Waals surface area contributed by atoms with Crippen LogP contribution in [0.2, 0.25) is 0 Å². The van der Waals surface area contributed by atoms with Gasteiger partial charge in [0.2, 0.25) is 5.91 Å². The van der Waals surface area contributed by atoms with Crippen molar-refractivity contribution in [1.82, 2.24) is 9.80 Å². The Labute approximate surface area is 110 Å². The van der Waals surface area contributed by atoms with Gasteiger partial charge in [0.1, 0.15) is 0 Å². The molecule has 0 aliphatic carbocycles. The molecule has 0 radical (unpaired) electrons. The molecule has 1 amide bonds. The predicted molar refractivity (Wildman–Crippen MR) is 69.8 cm³/mol. The van der Waals surface area contributed by atoms with Crippen molar-refractivity contribution in [1.29, 1.82) is 5.26 Å². The molecule has 2 aliphatic rings. The van der Waals surface area contributed by atoms with Crippen molar-refractivity contribution in [2.24, 2.45) is 11.8 Å². The average Bonchev–Trinajstić information content (AvgIpc) is 2.37. The maximum absolute atomic E-state index is 11.9. The molecule has 0 aromatic heterocycles. The van der Waals surface area contributed by atoms with Gasteiger partial charge in [0.25, 0.3) is 0 Å². The molecule has 2 unspecified atom stereocenters. The summed E-state index contributed by atoms with van der Waals surface area (Å²) in [5.74, 6) is 0.872. The van der Waals surface area contributed by atoms with E-state index in [1.54, 1.807) is 0 Å². The van der Waals surface area contributed by atoms with Crippen LogP contribution in [-0.4, -0.2) is 48.9 Å². The van der Waals surface area contributed by atoms with Crippen LogP contribution < -0.4 is 0 Å². The molecule has 2 atom stereocenters. The first-order valence-electron chi connectivity index (χ1n) is 7.05. The van der Waals surface area contributed by atoms with Gasteiger partial charge >= 0.3 is 0 Å². The molecule has 0 bridgehead atoms. The normalized spacial score (nSPS) is 30.2. The summed E-state index contributed by atoms with van der Waals surface area (Å²) in [5, 5.41) is 8.83. The number of amides is 1. The monoisotopic (exact) mass is 249 g/mol. The van der Waals surface area contributed by atoms with Gasteiger partial charge in [-0.05, 0) is 45.2 Å². The van der Waals surface area contributed by atoms with Crippen molar-refractivity contribution in [3.05, 3.63) is 0 Å². The van der Waals surface area contributed by atoms with Gasteiger partial charge in [-0.2, -0.15) is 5.26 Å². The summed E-state index contributed by atoms with van der Waals surface area (Å²) in [7, 11) is 2.18. The van der Waals surface area contributed by atoms with Crippen molar-refractivity contribution in [3.63, 3.8) is 0 Å². The molecule has 100 valence electrons. The average molecular weight is 249 g/mol. The first kappa shape index (κ1) is 13.4. The number of carbonyl (C=O) groups is 1. The van der Waals surface area contributed by atoms with Gasteiger partial charge in [-0.3, -0.25) is 4.79 Å². The third-order valence-corrected chi connectivity index (χ3v) is 4.23. The highest BCUT2D eigenvalue weighted by Gasteiger charge is 2.26. The van der Waals surface area contributed by atoms with Gasteiger partial charge in [0, 0.05) is 26.1 Å². The summed E-state index contributed by atoms with van der Waals surface area (Å²) < 4.78 is 0. The molecule has 2 fully saturated rings. The number of piperidine rings is 2. The van der Waals surface area contributed by atoms with E-state index in [0.717, 1.165) is 31.8 Å². The Kier molecular flexibility index (Phi) is 4.60. The lowest BCUT2D eigenvalue weighted by atomic mass is 9.93.